The van der Waals surface area contributed by atoms with Crippen molar-refractivity contribution in [2.24, 2.45) is 5.73 Å². The summed E-state index contributed by atoms with van der Waals surface area (Å²) in [5, 5.41) is 0. The fourth-order valence-corrected chi connectivity index (χ4v) is 2.21. The topological polar surface area (TPSA) is 48.4 Å². The molecule has 0 aliphatic carbocycles. The maximum Gasteiger partial charge on any atom is 0.129 e. The van der Waals surface area contributed by atoms with E-state index in [9.17, 15) is 0 Å². The Balaban J connectivity index is 2.21. The Kier molecular flexibility index (Phi) is 4.20. The van der Waals surface area contributed by atoms with Crippen molar-refractivity contribution in [2.75, 3.05) is 7.11 Å². The van der Waals surface area contributed by atoms with E-state index < -0.39 is 0 Å². The van der Waals surface area contributed by atoms with E-state index in [0.29, 0.717) is 6.61 Å². The van der Waals surface area contributed by atoms with E-state index in [1.54, 1.807) is 7.11 Å². The van der Waals surface area contributed by atoms with Crippen molar-refractivity contribution >= 4 is 22.6 Å². The molecule has 1 aromatic carbocycles. The van der Waals surface area contributed by atoms with Gasteiger partial charge in [-0.2, -0.15) is 0 Å². The van der Waals surface area contributed by atoms with Gasteiger partial charge < -0.3 is 14.9 Å². The van der Waals surface area contributed by atoms with Crippen LogP contribution in [0.5, 0.6) is 0 Å². The number of nitrogens with two attached hydrogens (primary N) is 1. The number of ether oxygens (including phenoxy) is 1. The first-order valence-corrected chi connectivity index (χ1v) is 6.37. The molecule has 2 rings (SSSR count). The van der Waals surface area contributed by atoms with Crippen molar-refractivity contribution in [1.82, 2.24) is 0 Å². The van der Waals surface area contributed by atoms with Gasteiger partial charge in [-0.15, -0.1) is 0 Å². The Bertz CT molecular complexity index is 496. The van der Waals surface area contributed by atoms with Crippen LogP contribution >= 0.6 is 22.6 Å². The molecule has 90 valence electrons. The van der Waals surface area contributed by atoms with Gasteiger partial charge in [0.2, 0.25) is 0 Å². The Morgan fingerprint density at radius 2 is 2.18 bits per heavy atom. The first kappa shape index (κ1) is 12.6. The fraction of sp³-hybridized carbons (Fsp3) is 0.231. The summed E-state index contributed by atoms with van der Waals surface area (Å²) in [5.74, 6) is 1.56. The van der Waals surface area contributed by atoms with E-state index in [1.165, 1.54) is 3.57 Å². The predicted molar refractivity (Wildman–Crippen MR) is 74.6 cm³/mol. The van der Waals surface area contributed by atoms with Crippen LogP contribution in [0, 0.1) is 3.57 Å². The predicted octanol–water partition coefficient (Wildman–Crippen LogP) is 3.08. The third kappa shape index (κ3) is 3.08. The van der Waals surface area contributed by atoms with E-state index in [2.05, 4.69) is 28.7 Å². The summed E-state index contributed by atoms with van der Waals surface area (Å²) < 4.78 is 11.8. The first-order chi connectivity index (χ1) is 8.20. The van der Waals surface area contributed by atoms with Gasteiger partial charge in [-0.25, -0.2) is 0 Å². The second kappa shape index (κ2) is 5.66. The molecule has 0 fully saturated rings. The molecule has 0 aliphatic heterocycles. The minimum Gasteiger partial charge on any atom is -0.462 e. The lowest BCUT2D eigenvalue weighted by molar-refractivity contribution is 0.162. The van der Waals surface area contributed by atoms with Crippen molar-refractivity contribution in [3.8, 4) is 0 Å². The quantitative estimate of drug-likeness (QED) is 0.868. The minimum absolute atomic E-state index is 0.227. The third-order valence-corrected chi connectivity index (χ3v) is 3.15. The van der Waals surface area contributed by atoms with Gasteiger partial charge in [-0.3, -0.25) is 0 Å². The molecule has 0 spiro atoms. The average molecular weight is 343 g/mol. The molecule has 3 nitrogen and oxygen atoms in total. The molecule has 1 atom stereocenters. The summed E-state index contributed by atoms with van der Waals surface area (Å²) in [4.78, 5) is 0. The summed E-state index contributed by atoms with van der Waals surface area (Å²) >= 11 is 2.27. The van der Waals surface area contributed by atoms with E-state index in [1.807, 2.05) is 30.3 Å². The molecule has 2 aromatic rings. The van der Waals surface area contributed by atoms with Gasteiger partial charge in [0, 0.05) is 10.7 Å². The van der Waals surface area contributed by atoms with Crippen LogP contribution < -0.4 is 5.73 Å². The van der Waals surface area contributed by atoms with Crippen LogP contribution in [-0.4, -0.2) is 7.11 Å². The Morgan fingerprint density at radius 3 is 2.88 bits per heavy atom. The largest absolute Gasteiger partial charge is 0.462 e. The lowest BCUT2D eigenvalue weighted by Crippen LogP contribution is -2.10. The molecule has 0 saturated carbocycles. The molecule has 4 heteroatoms. The van der Waals surface area contributed by atoms with E-state index in [4.69, 9.17) is 14.9 Å². The standard InChI is InChI=1S/C13H14INO2/c1-16-8-11-5-6-12(17-11)13(15)9-3-2-4-10(14)7-9/h2-7,13H,8,15H2,1H3. The third-order valence-electron chi connectivity index (χ3n) is 2.48. The van der Waals surface area contributed by atoms with Gasteiger partial charge in [-0.05, 0) is 52.4 Å². The highest BCUT2D eigenvalue weighted by Gasteiger charge is 2.13. The molecule has 0 saturated heterocycles. The number of methoxy groups -OCH3 is 1. The van der Waals surface area contributed by atoms with Crippen LogP contribution in [-0.2, 0) is 11.3 Å². The minimum atomic E-state index is -0.227. The summed E-state index contributed by atoms with van der Waals surface area (Å²) in [7, 11) is 1.64. The molecule has 17 heavy (non-hydrogen) atoms. The lowest BCUT2D eigenvalue weighted by atomic mass is 10.1. The number of benzene rings is 1. The van der Waals surface area contributed by atoms with Crippen molar-refractivity contribution in [1.29, 1.82) is 0 Å². The summed E-state index contributed by atoms with van der Waals surface area (Å²) in [6, 6.07) is 11.7. The maximum atomic E-state index is 6.16. The summed E-state index contributed by atoms with van der Waals surface area (Å²) in [6.45, 7) is 0.471. The van der Waals surface area contributed by atoms with Crippen molar-refractivity contribution in [2.45, 2.75) is 12.6 Å². The van der Waals surface area contributed by atoms with Crippen LogP contribution in [0.15, 0.2) is 40.8 Å². The van der Waals surface area contributed by atoms with Crippen molar-refractivity contribution < 1.29 is 9.15 Å². The summed E-state index contributed by atoms with van der Waals surface area (Å²) in [6.07, 6.45) is 0. The Labute approximate surface area is 114 Å². The van der Waals surface area contributed by atoms with E-state index >= 15 is 0 Å². The number of rotatable bonds is 4. The van der Waals surface area contributed by atoms with Crippen molar-refractivity contribution in [3.63, 3.8) is 0 Å². The molecule has 0 radical (unpaired) electrons. The van der Waals surface area contributed by atoms with Gasteiger partial charge in [0.25, 0.3) is 0 Å². The monoisotopic (exact) mass is 343 g/mol. The van der Waals surface area contributed by atoms with E-state index in [0.717, 1.165) is 17.1 Å². The lowest BCUT2D eigenvalue weighted by Gasteiger charge is -2.09. The maximum absolute atomic E-state index is 6.16. The molecule has 1 unspecified atom stereocenters. The zero-order valence-corrected chi connectivity index (χ0v) is 11.7. The number of hydrogen-bond donors (Lipinski definition) is 1. The molecular weight excluding hydrogens is 329 g/mol. The highest BCUT2D eigenvalue weighted by atomic mass is 127. The van der Waals surface area contributed by atoms with Crippen molar-refractivity contribution in [3.05, 3.63) is 57.1 Å². The average Bonchev–Trinajstić information content (AvgIpc) is 2.77. The number of halogens is 1. The fourth-order valence-electron chi connectivity index (χ4n) is 1.65. The van der Waals surface area contributed by atoms with Gasteiger partial charge in [0.05, 0.1) is 6.04 Å². The zero-order chi connectivity index (χ0) is 12.3. The number of hydrogen-bond acceptors (Lipinski definition) is 3. The smallest absolute Gasteiger partial charge is 0.129 e. The second-order valence-corrected chi connectivity index (χ2v) is 5.02. The van der Waals surface area contributed by atoms with Gasteiger partial charge in [-0.1, -0.05) is 12.1 Å². The van der Waals surface area contributed by atoms with Crippen LogP contribution in [0.4, 0.5) is 0 Å². The molecule has 0 bridgehead atoms. The van der Waals surface area contributed by atoms with Gasteiger partial charge in [0.1, 0.15) is 18.1 Å². The highest BCUT2D eigenvalue weighted by Crippen LogP contribution is 2.23. The normalized spacial score (nSPS) is 12.6. The molecule has 0 aliphatic rings. The van der Waals surface area contributed by atoms with Crippen LogP contribution in [0.3, 0.4) is 0 Å². The van der Waals surface area contributed by atoms with Gasteiger partial charge in [0.15, 0.2) is 0 Å². The highest BCUT2D eigenvalue weighted by molar-refractivity contribution is 14.1. The van der Waals surface area contributed by atoms with Crippen LogP contribution in [0.25, 0.3) is 0 Å². The molecule has 1 heterocycles. The van der Waals surface area contributed by atoms with Crippen LogP contribution in [0.1, 0.15) is 23.1 Å². The SMILES string of the molecule is COCc1ccc(C(N)c2cccc(I)c2)o1. The van der Waals surface area contributed by atoms with E-state index in [-0.39, 0.29) is 6.04 Å². The van der Waals surface area contributed by atoms with Crippen LogP contribution in [0.2, 0.25) is 0 Å². The number of furan rings is 1. The zero-order valence-electron chi connectivity index (χ0n) is 9.52. The molecule has 2 N–H and O–H groups in total. The Morgan fingerprint density at radius 1 is 1.35 bits per heavy atom. The molecule has 1 aromatic heterocycles. The summed E-state index contributed by atoms with van der Waals surface area (Å²) in [5.41, 5.74) is 7.21. The molecular formula is C13H14INO2. The first-order valence-electron chi connectivity index (χ1n) is 5.29. The Hall–Kier alpha value is -0.850. The van der Waals surface area contributed by atoms with Gasteiger partial charge >= 0.3 is 0 Å². The molecule has 0 amide bonds. The second-order valence-electron chi connectivity index (χ2n) is 3.77.